The van der Waals surface area contributed by atoms with E-state index in [1.807, 2.05) is 51.1 Å². The number of hydrogen-bond donors (Lipinski definition) is 1. The van der Waals surface area contributed by atoms with Gasteiger partial charge in [0.15, 0.2) is 5.78 Å². The van der Waals surface area contributed by atoms with Gasteiger partial charge in [-0.2, -0.15) is 0 Å². The van der Waals surface area contributed by atoms with Gasteiger partial charge in [-0.15, -0.1) is 0 Å². The number of carbonyl (C=O) groups excluding carboxylic acids is 1. The van der Waals surface area contributed by atoms with Crippen LogP contribution < -0.4 is 5.73 Å². The third kappa shape index (κ3) is 2.43. The van der Waals surface area contributed by atoms with Gasteiger partial charge in [0, 0.05) is 16.8 Å². The van der Waals surface area contributed by atoms with E-state index in [1.165, 1.54) is 5.56 Å². The first kappa shape index (κ1) is 12.4. The van der Waals surface area contributed by atoms with E-state index in [1.54, 1.807) is 6.07 Å². The Labute approximate surface area is 107 Å². The largest absolute Gasteiger partial charge is 0.399 e. The molecule has 0 spiro atoms. The molecule has 0 aromatic heterocycles. The Bertz CT molecular complexity index is 594. The van der Waals surface area contributed by atoms with Gasteiger partial charge in [0.05, 0.1) is 0 Å². The van der Waals surface area contributed by atoms with Crippen molar-refractivity contribution in [3.05, 3.63) is 64.2 Å². The molecule has 0 radical (unpaired) electrons. The number of carbonyl (C=O) groups is 1. The van der Waals surface area contributed by atoms with Gasteiger partial charge in [0.1, 0.15) is 0 Å². The van der Waals surface area contributed by atoms with E-state index < -0.39 is 0 Å². The molecule has 2 rings (SSSR count). The third-order valence-corrected chi connectivity index (χ3v) is 3.13. The van der Waals surface area contributed by atoms with Crippen molar-refractivity contribution in [2.45, 2.75) is 20.8 Å². The number of nitrogen functional groups attached to an aromatic ring is 1. The van der Waals surface area contributed by atoms with E-state index in [4.69, 9.17) is 5.73 Å². The van der Waals surface area contributed by atoms with Gasteiger partial charge in [-0.05, 0) is 61.7 Å². The van der Waals surface area contributed by atoms with Crippen LogP contribution in [0.25, 0.3) is 0 Å². The lowest BCUT2D eigenvalue weighted by molar-refractivity contribution is 0.103. The van der Waals surface area contributed by atoms with Gasteiger partial charge in [0.2, 0.25) is 0 Å². The normalized spacial score (nSPS) is 10.4. The number of benzene rings is 2. The van der Waals surface area contributed by atoms with Crippen LogP contribution in [0.4, 0.5) is 5.69 Å². The Morgan fingerprint density at radius 2 is 1.61 bits per heavy atom. The Morgan fingerprint density at radius 1 is 0.889 bits per heavy atom. The molecule has 0 amide bonds. The molecule has 92 valence electrons. The first-order valence-corrected chi connectivity index (χ1v) is 5.96. The van der Waals surface area contributed by atoms with Gasteiger partial charge < -0.3 is 5.73 Å². The number of aryl methyl sites for hydroxylation is 3. The van der Waals surface area contributed by atoms with Crippen molar-refractivity contribution in [1.29, 1.82) is 0 Å². The molecule has 0 aliphatic heterocycles. The summed E-state index contributed by atoms with van der Waals surface area (Å²) in [7, 11) is 0. The molecule has 18 heavy (non-hydrogen) atoms. The molecule has 0 heterocycles. The van der Waals surface area contributed by atoms with Crippen LogP contribution in [0.5, 0.6) is 0 Å². The summed E-state index contributed by atoms with van der Waals surface area (Å²) in [5.41, 5.74) is 11.1. The molecule has 2 aromatic carbocycles. The zero-order valence-electron chi connectivity index (χ0n) is 10.9. The van der Waals surface area contributed by atoms with E-state index in [-0.39, 0.29) is 5.78 Å². The van der Waals surface area contributed by atoms with Crippen molar-refractivity contribution < 1.29 is 4.79 Å². The maximum atomic E-state index is 12.4. The van der Waals surface area contributed by atoms with Crippen LogP contribution in [-0.4, -0.2) is 5.78 Å². The second-order valence-corrected chi connectivity index (χ2v) is 4.76. The second kappa shape index (κ2) is 4.65. The van der Waals surface area contributed by atoms with Crippen LogP contribution in [-0.2, 0) is 0 Å². The SMILES string of the molecule is Cc1cc(N)cc(C(=O)c2ccc(C)c(C)c2)c1. The summed E-state index contributed by atoms with van der Waals surface area (Å²) in [5, 5.41) is 0. The number of rotatable bonds is 2. The summed E-state index contributed by atoms with van der Waals surface area (Å²) in [6.45, 7) is 5.98. The van der Waals surface area contributed by atoms with Gasteiger partial charge in [0.25, 0.3) is 0 Å². The molecule has 0 aliphatic rings. The number of anilines is 1. The summed E-state index contributed by atoms with van der Waals surface area (Å²) < 4.78 is 0. The lowest BCUT2D eigenvalue weighted by atomic mass is 9.98. The first-order valence-electron chi connectivity index (χ1n) is 5.96. The smallest absolute Gasteiger partial charge is 0.193 e. The van der Waals surface area contributed by atoms with E-state index in [0.717, 1.165) is 11.1 Å². The van der Waals surface area contributed by atoms with Gasteiger partial charge in [-0.1, -0.05) is 12.1 Å². The van der Waals surface area contributed by atoms with Crippen molar-refractivity contribution in [1.82, 2.24) is 0 Å². The molecule has 0 saturated heterocycles. The van der Waals surface area contributed by atoms with E-state index in [2.05, 4.69) is 0 Å². The molecule has 0 fully saturated rings. The molecule has 2 N–H and O–H groups in total. The van der Waals surface area contributed by atoms with Crippen molar-refractivity contribution in [2.24, 2.45) is 0 Å². The maximum absolute atomic E-state index is 12.4. The van der Waals surface area contributed by atoms with Gasteiger partial charge in [-0.3, -0.25) is 4.79 Å². The fraction of sp³-hybridized carbons (Fsp3) is 0.188. The Kier molecular flexibility index (Phi) is 3.19. The third-order valence-electron chi connectivity index (χ3n) is 3.13. The Hall–Kier alpha value is -2.09. The molecule has 0 aliphatic carbocycles. The Balaban J connectivity index is 2.44. The average molecular weight is 239 g/mol. The minimum absolute atomic E-state index is 0.0218. The van der Waals surface area contributed by atoms with Crippen LogP contribution in [0.1, 0.15) is 32.6 Å². The summed E-state index contributed by atoms with van der Waals surface area (Å²) in [5.74, 6) is 0.0218. The van der Waals surface area contributed by atoms with Crippen molar-refractivity contribution in [3.8, 4) is 0 Å². The van der Waals surface area contributed by atoms with E-state index >= 15 is 0 Å². The zero-order chi connectivity index (χ0) is 13.3. The lowest BCUT2D eigenvalue weighted by Gasteiger charge is -2.06. The standard InChI is InChI=1S/C16H17NO/c1-10-6-14(9-15(17)7-10)16(18)13-5-4-11(2)12(3)8-13/h4-9H,17H2,1-3H3. The Morgan fingerprint density at radius 3 is 2.22 bits per heavy atom. The highest BCUT2D eigenvalue weighted by molar-refractivity contribution is 6.09. The predicted octanol–water partition coefficient (Wildman–Crippen LogP) is 3.43. The summed E-state index contributed by atoms with van der Waals surface area (Å²) in [6, 6.07) is 11.2. The van der Waals surface area contributed by atoms with E-state index in [9.17, 15) is 4.79 Å². The average Bonchev–Trinajstić information content (AvgIpc) is 2.30. The van der Waals surface area contributed by atoms with Crippen molar-refractivity contribution >= 4 is 11.5 Å². The molecule has 0 atom stereocenters. The van der Waals surface area contributed by atoms with Gasteiger partial charge in [-0.25, -0.2) is 0 Å². The summed E-state index contributed by atoms with van der Waals surface area (Å²) in [4.78, 5) is 12.4. The first-order chi connectivity index (χ1) is 8.47. The summed E-state index contributed by atoms with van der Waals surface area (Å²) in [6.07, 6.45) is 0. The van der Waals surface area contributed by atoms with Crippen LogP contribution in [0, 0.1) is 20.8 Å². The molecule has 2 nitrogen and oxygen atoms in total. The quantitative estimate of drug-likeness (QED) is 0.644. The van der Waals surface area contributed by atoms with E-state index in [0.29, 0.717) is 16.8 Å². The zero-order valence-corrected chi connectivity index (χ0v) is 10.9. The fourth-order valence-electron chi connectivity index (χ4n) is 1.99. The monoisotopic (exact) mass is 239 g/mol. The molecule has 0 saturated carbocycles. The molecule has 2 heteroatoms. The van der Waals surface area contributed by atoms with Crippen LogP contribution in [0.15, 0.2) is 36.4 Å². The predicted molar refractivity (Wildman–Crippen MR) is 74.9 cm³/mol. The number of hydrogen-bond acceptors (Lipinski definition) is 2. The van der Waals surface area contributed by atoms with Crippen molar-refractivity contribution in [3.63, 3.8) is 0 Å². The van der Waals surface area contributed by atoms with Crippen molar-refractivity contribution in [2.75, 3.05) is 5.73 Å². The van der Waals surface area contributed by atoms with Crippen LogP contribution in [0.2, 0.25) is 0 Å². The molecule has 0 bridgehead atoms. The lowest BCUT2D eigenvalue weighted by Crippen LogP contribution is -2.03. The van der Waals surface area contributed by atoms with Crippen LogP contribution in [0.3, 0.4) is 0 Å². The fourth-order valence-corrected chi connectivity index (χ4v) is 1.99. The highest BCUT2D eigenvalue weighted by Gasteiger charge is 2.10. The van der Waals surface area contributed by atoms with Crippen LogP contribution >= 0.6 is 0 Å². The molecular weight excluding hydrogens is 222 g/mol. The minimum Gasteiger partial charge on any atom is -0.399 e. The molecule has 0 unspecified atom stereocenters. The minimum atomic E-state index is 0.0218. The molecular formula is C16H17NO. The maximum Gasteiger partial charge on any atom is 0.193 e. The number of ketones is 1. The number of nitrogens with two attached hydrogens (primary N) is 1. The molecule has 2 aromatic rings. The topological polar surface area (TPSA) is 43.1 Å². The van der Waals surface area contributed by atoms with Gasteiger partial charge >= 0.3 is 0 Å². The highest BCUT2D eigenvalue weighted by atomic mass is 16.1. The highest BCUT2D eigenvalue weighted by Crippen LogP contribution is 2.17. The summed E-state index contributed by atoms with van der Waals surface area (Å²) >= 11 is 0. The second-order valence-electron chi connectivity index (χ2n) is 4.76.